The Hall–Kier alpha value is -2.05. The first-order chi connectivity index (χ1) is 20.7. The van der Waals surface area contributed by atoms with E-state index in [-0.39, 0.29) is 63.2 Å². The van der Waals surface area contributed by atoms with Crippen LogP contribution < -0.4 is 0 Å². The third kappa shape index (κ3) is 4.58. The summed E-state index contributed by atoms with van der Waals surface area (Å²) in [5.41, 5.74) is -8.05. The van der Waals surface area contributed by atoms with Gasteiger partial charge in [0.15, 0.2) is 9.84 Å². The van der Waals surface area contributed by atoms with E-state index in [2.05, 4.69) is 6.92 Å². The number of hydrogen-bond acceptors (Lipinski definition) is 3. The molecule has 4 nitrogen and oxygen atoms in total. The summed E-state index contributed by atoms with van der Waals surface area (Å²) in [4.78, 5) is 15.7. The van der Waals surface area contributed by atoms with Crippen molar-refractivity contribution < 1.29 is 43.9 Å². The van der Waals surface area contributed by atoms with Crippen molar-refractivity contribution in [1.82, 2.24) is 4.90 Å². The van der Waals surface area contributed by atoms with Gasteiger partial charge in [-0.15, -0.1) is 0 Å². The molecular weight excluding hydrogens is 670 g/mol. The number of benzene rings is 2. The normalized spacial score (nSPS) is 30.3. The molecular formula is C31H30Cl2F7NO3S. The van der Waals surface area contributed by atoms with Gasteiger partial charge in [0.1, 0.15) is 4.75 Å². The summed E-state index contributed by atoms with van der Waals surface area (Å²) in [6.07, 6.45) is -8.48. The van der Waals surface area contributed by atoms with Gasteiger partial charge in [-0.1, -0.05) is 48.3 Å². The zero-order chi connectivity index (χ0) is 33.0. The molecule has 2 bridgehead atoms. The van der Waals surface area contributed by atoms with E-state index < -0.39 is 49.6 Å². The minimum Gasteiger partial charge on any atom is -0.337 e. The zero-order valence-corrected chi connectivity index (χ0v) is 26.4. The fourth-order valence-corrected chi connectivity index (χ4v) is 11.1. The van der Waals surface area contributed by atoms with Gasteiger partial charge in [0.05, 0.1) is 21.0 Å². The molecule has 0 spiro atoms. The van der Waals surface area contributed by atoms with E-state index in [1.807, 2.05) is 0 Å². The van der Waals surface area contributed by atoms with E-state index in [1.54, 1.807) is 4.90 Å². The van der Waals surface area contributed by atoms with Crippen molar-refractivity contribution in [1.29, 1.82) is 0 Å². The van der Waals surface area contributed by atoms with Crippen molar-refractivity contribution in [3.8, 4) is 0 Å². The number of alkyl halides is 7. The second kappa shape index (κ2) is 10.2. The minimum absolute atomic E-state index is 0.0163. The van der Waals surface area contributed by atoms with E-state index in [9.17, 15) is 39.6 Å². The van der Waals surface area contributed by atoms with Gasteiger partial charge < -0.3 is 4.90 Å². The largest absolute Gasteiger partial charge is 0.435 e. The Labute approximate surface area is 266 Å². The molecule has 2 aromatic rings. The predicted molar refractivity (Wildman–Crippen MR) is 153 cm³/mol. The molecule has 246 valence electrons. The van der Waals surface area contributed by atoms with Crippen LogP contribution in [-0.2, 0) is 31.5 Å². The van der Waals surface area contributed by atoms with E-state index in [4.69, 9.17) is 23.2 Å². The van der Waals surface area contributed by atoms with Crippen LogP contribution in [-0.4, -0.2) is 44.2 Å². The van der Waals surface area contributed by atoms with Crippen LogP contribution in [0.3, 0.4) is 0 Å². The average molecular weight is 701 g/mol. The number of amides is 1. The lowest BCUT2D eigenvalue weighted by Gasteiger charge is -2.53. The maximum atomic E-state index is 15.1. The Kier molecular flexibility index (Phi) is 7.47. The van der Waals surface area contributed by atoms with E-state index in [0.717, 1.165) is 31.4 Å². The molecule has 4 aliphatic carbocycles. The fourth-order valence-electron chi connectivity index (χ4n) is 8.33. The second-order valence-corrected chi connectivity index (χ2v) is 16.4. The van der Waals surface area contributed by atoms with Crippen LogP contribution in [0.5, 0.6) is 0 Å². The average Bonchev–Trinajstić information content (AvgIpc) is 3.38. The van der Waals surface area contributed by atoms with E-state index in [1.165, 1.54) is 12.1 Å². The number of aryl methyl sites for hydroxylation is 1. The lowest BCUT2D eigenvalue weighted by Crippen LogP contribution is -2.57. The number of rotatable bonds is 4. The number of halogens is 9. The van der Waals surface area contributed by atoms with Crippen molar-refractivity contribution in [2.75, 3.05) is 6.54 Å². The quantitative estimate of drug-likeness (QED) is 0.300. The number of nitrogens with zero attached hydrogens (tertiary/aromatic N) is 1. The Bertz CT molecular complexity index is 1640. The molecule has 3 saturated carbocycles. The van der Waals surface area contributed by atoms with Gasteiger partial charge in [-0.2, -0.15) is 26.3 Å². The summed E-state index contributed by atoms with van der Waals surface area (Å²) in [5, 5.41) is -0.00668. The first-order valence-electron chi connectivity index (χ1n) is 14.7. The molecule has 0 N–H and O–H groups in total. The third-order valence-electron chi connectivity index (χ3n) is 11.1. The maximum absolute atomic E-state index is 15.1. The van der Waals surface area contributed by atoms with Crippen molar-refractivity contribution in [2.45, 2.75) is 98.4 Å². The van der Waals surface area contributed by atoms with E-state index >= 15 is 4.39 Å². The number of hydrogen-bond donors (Lipinski definition) is 0. The molecule has 1 heterocycles. The minimum atomic E-state index is -6.33. The van der Waals surface area contributed by atoms with Crippen molar-refractivity contribution in [3.05, 3.63) is 63.1 Å². The van der Waals surface area contributed by atoms with Crippen LogP contribution in [0.4, 0.5) is 30.7 Å². The van der Waals surface area contributed by atoms with Crippen molar-refractivity contribution in [2.24, 2.45) is 10.8 Å². The van der Waals surface area contributed by atoms with Gasteiger partial charge in [0.25, 0.3) is 0 Å². The standard InChI is InChI=1S/C31H30Cl2F7NO3S/c1-26-8-11-27(12-9-26,13-10-26)25(42)41-15-14-28(45(43,44)20-4-6-22(32)23(33)17-20)21-5-3-19(16-18(21)2-7-24(28)41)29(34,30(35,36)37)31(38,39)40/h3-6,16-17,24H,2,7-15H2,1H3. The molecule has 2 atom stereocenters. The second-order valence-electron chi connectivity index (χ2n) is 13.4. The molecule has 2 aromatic carbocycles. The summed E-state index contributed by atoms with van der Waals surface area (Å²) in [6, 6.07) is 4.37. The zero-order valence-electron chi connectivity index (χ0n) is 24.1. The highest BCUT2D eigenvalue weighted by molar-refractivity contribution is 7.92. The van der Waals surface area contributed by atoms with Gasteiger partial charge in [0.2, 0.25) is 5.91 Å². The number of fused-ring (bicyclic) bond motifs is 6. The fraction of sp³-hybridized carbons (Fsp3) is 0.581. The highest BCUT2D eigenvalue weighted by atomic mass is 35.5. The Balaban J connectivity index is 1.51. The van der Waals surface area contributed by atoms with Crippen molar-refractivity contribution >= 4 is 38.9 Å². The SMILES string of the molecule is CC12CCC(C(=O)N3CCC4(S(=O)(=O)c5ccc(Cl)c(Cl)c5)c5ccc(C(F)(C(F)(F)F)C(F)(F)F)cc5CCC34)(CC1)CC2. The van der Waals surface area contributed by atoms with Crippen molar-refractivity contribution in [3.63, 3.8) is 0 Å². The van der Waals surface area contributed by atoms with Crippen LogP contribution in [0.15, 0.2) is 41.3 Å². The number of likely N-dealkylation sites (tertiary alicyclic amines) is 1. The molecule has 4 fully saturated rings. The van der Waals surface area contributed by atoms with Gasteiger partial charge in [-0.05, 0) is 92.5 Å². The lowest BCUT2D eigenvalue weighted by atomic mass is 9.54. The Morgan fingerprint density at radius 1 is 0.844 bits per heavy atom. The molecule has 7 rings (SSSR count). The van der Waals surface area contributed by atoms with Crippen LogP contribution in [0.1, 0.15) is 75.0 Å². The Morgan fingerprint density at radius 3 is 2.00 bits per heavy atom. The van der Waals surface area contributed by atoms with E-state index in [0.29, 0.717) is 31.4 Å². The Morgan fingerprint density at radius 2 is 1.44 bits per heavy atom. The predicted octanol–water partition coefficient (Wildman–Crippen LogP) is 8.86. The summed E-state index contributed by atoms with van der Waals surface area (Å²) in [7, 11) is -4.52. The first kappa shape index (κ1) is 32.9. The summed E-state index contributed by atoms with van der Waals surface area (Å²) >= 11 is 12.2. The highest BCUT2D eigenvalue weighted by Crippen LogP contribution is 2.60. The smallest absolute Gasteiger partial charge is 0.337 e. The topological polar surface area (TPSA) is 54.5 Å². The third-order valence-corrected chi connectivity index (χ3v) is 14.4. The monoisotopic (exact) mass is 699 g/mol. The molecule has 0 radical (unpaired) electrons. The van der Waals surface area contributed by atoms with Crippen LogP contribution >= 0.6 is 23.2 Å². The summed E-state index contributed by atoms with van der Waals surface area (Å²) < 4.78 is 124. The van der Waals surface area contributed by atoms with Gasteiger partial charge in [-0.25, -0.2) is 12.8 Å². The molecule has 5 aliphatic rings. The number of carbonyl (C=O) groups excluding carboxylic acids is 1. The molecule has 1 amide bonds. The lowest BCUT2D eigenvalue weighted by molar-refractivity contribution is -0.348. The van der Waals surface area contributed by atoms with Gasteiger partial charge in [-0.3, -0.25) is 4.79 Å². The molecule has 2 unspecified atom stereocenters. The van der Waals surface area contributed by atoms with Crippen LogP contribution in [0.2, 0.25) is 10.0 Å². The maximum Gasteiger partial charge on any atom is 0.435 e. The first-order valence-corrected chi connectivity index (χ1v) is 16.9. The highest BCUT2D eigenvalue weighted by Gasteiger charge is 2.74. The van der Waals surface area contributed by atoms with Crippen LogP contribution in [0, 0.1) is 10.8 Å². The molecule has 1 saturated heterocycles. The van der Waals surface area contributed by atoms with Gasteiger partial charge in [0, 0.05) is 17.5 Å². The van der Waals surface area contributed by atoms with Crippen LogP contribution in [0.25, 0.3) is 0 Å². The molecule has 0 aromatic heterocycles. The molecule has 14 heteroatoms. The molecule has 1 aliphatic heterocycles. The van der Waals surface area contributed by atoms with Gasteiger partial charge >= 0.3 is 18.0 Å². The molecule has 45 heavy (non-hydrogen) atoms. The number of carbonyl (C=O) groups is 1. The summed E-state index contributed by atoms with van der Waals surface area (Å²) in [6.45, 7) is 2.21. The number of sulfone groups is 1. The summed E-state index contributed by atoms with van der Waals surface area (Å²) in [5.74, 6) is -0.169.